The lowest BCUT2D eigenvalue weighted by Crippen LogP contribution is -2.47. The van der Waals surface area contributed by atoms with Crippen LogP contribution in [0.15, 0.2) is 33.2 Å². The Bertz CT molecular complexity index is 749. The molecule has 2 aromatic heterocycles. The van der Waals surface area contributed by atoms with E-state index in [1.54, 1.807) is 17.6 Å². The van der Waals surface area contributed by atoms with E-state index < -0.39 is 0 Å². The highest BCUT2D eigenvalue weighted by Gasteiger charge is 2.35. The van der Waals surface area contributed by atoms with Gasteiger partial charge in [0.15, 0.2) is 5.96 Å². The quantitative estimate of drug-likeness (QED) is 0.555. The topological polar surface area (TPSA) is 71.7 Å². The molecule has 28 heavy (non-hydrogen) atoms. The second-order valence-corrected chi connectivity index (χ2v) is 9.20. The van der Waals surface area contributed by atoms with Crippen molar-refractivity contribution < 1.29 is 9.15 Å². The van der Waals surface area contributed by atoms with Gasteiger partial charge in [0.25, 0.3) is 0 Å². The van der Waals surface area contributed by atoms with Gasteiger partial charge >= 0.3 is 0 Å². The molecule has 0 aromatic carbocycles. The predicted octanol–water partition coefficient (Wildman–Crippen LogP) is 4.30. The van der Waals surface area contributed by atoms with Gasteiger partial charge in [-0.3, -0.25) is 0 Å². The van der Waals surface area contributed by atoms with E-state index in [-0.39, 0.29) is 11.5 Å². The fraction of sp³-hybridized carbons (Fsp3) is 0.619. The number of hydrogen-bond acceptors (Lipinski definition) is 5. The van der Waals surface area contributed by atoms with Crippen LogP contribution in [0.4, 0.5) is 0 Å². The molecule has 154 valence electrons. The summed E-state index contributed by atoms with van der Waals surface area (Å²) in [5.41, 5.74) is 0.968. The van der Waals surface area contributed by atoms with E-state index >= 15 is 0 Å². The normalized spacial score (nSPS) is 20.9. The number of nitrogens with zero attached hydrogens (tertiary/aromatic N) is 2. The second kappa shape index (κ2) is 9.56. The maximum Gasteiger partial charge on any atom is 0.236 e. The van der Waals surface area contributed by atoms with E-state index in [0.717, 1.165) is 42.6 Å². The van der Waals surface area contributed by atoms with Crippen molar-refractivity contribution in [1.82, 2.24) is 15.6 Å². The zero-order chi connectivity index (χ0) is 20.0. The molecule has 2 atom stereocenters. The van der Waals surface area contributed by atoms with Crippen LogP contribution in [0.5, 0.6) is 0 Å². The van der Waals surface area contributed by atoms with Crippen LogP contribution in [0.2, 0.25) is 0 Å². The summed E-state index contributed by atoms with van der Waals surface area (Å²) in [6.45, 7) is 11.9. The van der Waals surface area contributed by atoms with Gasteiger partial charge in [0.1, 0.15) is 12.0 Å². The van der Waals surface area contributed by atoms with Crippen LogP contribution < -0.4 is 10.6 Å². The standard InChI is InChI=1S/C21H32N4O2S/c1-5-22-20(23-12-15-8-6-10-26-18(15)21(2,3)4)24-13-16-14-27-19(25-16)17-9-7-11-28-17/h7,9,11,14-15,18H,5-6,8,10,12-13H2,1-4H3,(H2,22,23,24). The summed E-state index contributed by atoms with van der Waals surface area (Å²) in [5.74, 6) is 1.95. The first kappa shape index (κ1) is 20.9. The first-order valence-electron chi connectivity index (χ1n) is 10.1. The molecule has 1 aliphatic rings. The van der Waals surface area contributed by atoms with Crippen molar-refractivity contribution in [2.75, 3.05) is 19.7 Å². The molecule has 0 amide bonds. The second-order valence-electron chi connectivity index (χ2n) is 8.26. The Labute approximate surface area is 171 Å². The Balaban J connectivity index is 1.59. The zero-order valence-corrected chi connectivity index (χ0v) is 18.1. The highest BCUT2D eigenvalue weighted by molar-refractivity contribution is 7.13. The summed E-state index contributed by atoms with van der Waals surface area (Å²) in [4.78, 5) is 10.3. The fourth-order valence-electron chi connectivity index (χ4n) is 3.63. The number of oxazole rings is 1. The zero-order valence-electron chi connectivity index (χ0n) is 17.3. The molecule has 3 heterocycles. The third kappa shape index (κ3) is 5.58. The Morgan fingerprint density at radius 2 is 2.21 bits per heavy atom. The van der Waals surface area contributed by atoms with Crippen LogP contribution >= 0.6 is 11.3 Å². The van der Waals surface area contributed by atoms with E-state index in [2.05, 4.69) is 48.3 Å². The monoisotopic (exact) mass is 404 g/mol. The maximum atomic E-state index is 6.09. The van der Waals surface area contributed by atoms with Crippen molar-refractivity contribution in [3.05, 3.63) is 29.5 Å². The minimum absolute atomic E-state index is 0.140. The predicted molar refractivity (Wildman–Crippen MR) is 115 cm³/mol. The SMILES string of the molecule is CCNC(=NCc1coc(-c2cccs2)n1)NCC1CCCOC1C(C)(C)C. The number of aromatic nitrogens is 1. The molecular weight excluding hydrogens is 372 g/mol. The van der Waals surface area contributed by atoms with Gasteiger partial charge in [-0.25, -0.2) is 9.98 Å². The molecule has 2 aromatic rings. The third-order valence-electron chi connectivity index (χ3n) is 4.86. The van der Waals surface area contributed by atoms with Crippen LogP contribution in [-0.4, -0.2) is 36.7 Å². The van der Waals surface area contributed by atoms with Gasteiger partial charge < -0.3 is 19.8 Å². The molecule has 0 saturated carbocycles. The van der Waals surface area contributed by atoms with E-state index in [4.69, 9.17) is 9.15 Å². The van der Waals surface area contributed by atoms with Crippen LogP contribution in [0.1, 0.15) is 46.2 Å². The highest BCUT2D eigenvalue weighted by Crippen LogP contribution is 2.33. The van der Waals surface area contributed by atoms with Gasteiger partial charge in [0.05, 0.1) is 17.5 Å². The van der Waals surface area contributed by atoms with Crippen molar-refractivity contribution >= 4 is 17.3 Å². The van der Waals surface area contributed by atoms with E-state index in [9.17, 15) is 0 Å². The first-order valence-corrected chi connectivity index (χ1v) is 11.0. The summed E-state index contributed by atoms with van der Waals surface area (Å²) >= 11 is 1.62. The van der Waals surface area contributed by atoms with Crippen molar-refractivity contribution in [3.63, 3.8) is 0 Å². The lowest BCUT2D eigenvalue weighted by molar-refractivity contribution is -0.0835. The Morgan fingerprint density at radius 1 is 1.36 bits per heavy atom. The van der Waals surface area contributed by atoms with Gasteiger partial charge in [-0.05, 0) is 36.6 Å². The number of thiophene rings is 1. The molecule has 1 saturated heterocycles. The van der Waals surface area contributed by atoms with E-state index in [0.29, 0.717) is 18.4 Å². The molecule has 1 aliphatic heterocycles. The Morgan fingerprint density at radius 3 is 2.93 bits per heavy atom. The van der Waals surface area contributed by atoms with E-state index in [1.807, 2.05) is 17.5 Å². The number of nitrogens with one attached hydrogen (secondary N) is 2. The number of ether oxygens (including phenoxy) is 1. The lowest BCUT2D eigenvalue weighted by atomic mass is 9.78. The van der Waals surface area contributed by atoms with Crippen LogP contribution in [0.25, 0.3) is 10.8 Å². The first-order chi connectivity index (χ1) is 13.5. The van der Waals surface area contributed by atoms with Crippen molar-refractivity contribution in [3.8, 4) is 10.8 Å². The van der Waals surface area contributed by atoms with Gasteiger partial charge in [0.2, 0.25) is 5.89 Å². The van der Waals surface area contributed by atoms with Gasteiger partial charge in [0, 0.05) is 25.6 Å². The average molecular weight is 405 g/mol. The highest BCUT2D eigenvalue weighted by atomic mass is 32.1. The average Bonchev–Trinajstić information content (AvgIpc) is 3.35. The smallest absolute Gasteiger partial charge is 0.236 e. The Kier molecular flexibility index (Phi) is 7.13. The molecule has 2 unspecified atom stereocenters. The molecule has 1 fully saturated rings. The minimum atomic E-state index is 0.140. The molecule has 0 spiro atoms. The summed E-state index contributed by atoms with van der Waals surface area (Å²) in [6.07, 6.45) is 4.26. The summed E-state index contributed by atoms with van der Waals surface area (Å²) in [6, 6.07) is 4.00. The molecule has 0 radical (unpaired) electrons. The van der Waals surface area contributed by atoms with E-state index in [1.165, 1.54) is 6.42 Å². The van der Waals surface area contributed by atoms with Crippen LogP contribution in [-0.2, 0) is 11.3 Å². The molecule has 0 aliphatic carbocycles. The fourth-order valence-corrected chi connectivity index (χ4v) is 4.29. The Hall–Kier alpha value is -1.86. The molecule has 6 nitrogen and oxygen atoms in total. The summed E-state index contributed by atoms with van der Waals surface area (Å²) in [7, 11) is 0. The lowest BCUT2D eigenvalue weighted by Gasteiger charge is -2.40. The number of guanidine groups is 1. The van der Waals surface area contributed by atoms with Gasteiger partial charge in [-0.2, -0.15) is 0 Å². The van der Waals surface area contributed by atoms with Gasteiger partial charge in [-0.1, -0.05) is 26.8 Å². The van der Waals surface area contributed by atoms with Crippen LogP contribution in [0, 0.1) is 11.3 Å². The number of aliphatic imine (C=N–C) groups is 1. The minimum Gasteiger partial charge on any atom is -0.443 e. The molecule has 7 heteroatoms. The summed E-state index contributed by atoms with van der Waals surface area (Å²) < 4.78 is 11.7. The van der Waals surface area contributed by atoms with Crippen molar-refractivity contribution in [2.24, 2.45) is 16.3 Å². The molecule has 0 bridgehead atoms. The number of hydrogen-bond donors (Lipinski definition) is 2. The largest absolute Gasteiger partial charge is 0.443 e. The van der Waals surface area contributed by atoms with Crippen molar-refractivity contribution in [1.29, 1.82) is 0 Å². The molecule has 2 N–H and O–H groups in total. The van der Waals surface area contributed by atoms with Crippen molar-refractivity contribution in [2.45, 2.75) is 53.2 Å². The maximum absolute atomic E-state index is 6.09. The molecular formula is C21H32N4O2S. The molecule has 3 rings (SSSR count). The third-order valence-corrected chi connectivity index (χ3v) is 5.72. The summed E-state index contributed by atoms with van der Waals surface area (Å²) in [5, 5.41) is 8.84. The van der Waals surface area contributed by atoms with Crippen LogP contribution in [0.3, 0.4) is 0 Å². The number of rotatable bonds is 6. The van der Waals surface area contributed by atoms with Gasteiger partial charge in [-0.15, -0.1) is 11.3 Å².